The van der Waals surface area contributed by atoms with Crippen LogP contribution in [0.4, 0.5) is 19.0 Å². The van der Waals surface area contributed by atoms with Crippen LogP contribution in [-0.4, -0.2) is 21.6 Å². The van der Waals surface area contributed by atoms with Gasteiger partial charge < -0.3 is 5.32 Å². The molecule has 0 aliphatic heterocycles. The first-order valence-electron chi connectivity index (χ1n) is 5.53. The molecular weight excluding hydrogens is 267 g/mol. The summed E-state index contributed by atoms with van der Waals surface area (Å²) >= 11 is 6.06. The van der Waals surface area contributed by atoms with Crippen LogP contribution in [0.3, 0.4) is 0 Å². The molecule has 1 aromatic heterocycles. The van der Waals surface area contributed by atoms with E-state index in [0.29, 0.717) is 5.82 Å². The zero-order valence-corrected chi connectivity index (χ0v) is 10.7. The minimum atomic E-state index is -4.46. The number of hydrogen-bond donors (Lipinski definition) is 1. The maximum Gasteiger partial charge on any atom is 0.435 e. The van der Waals surface area contributed by atoms with Gasteiger partial charge in [-0.05, 0) is 18.6 Å². The molecule has 2 atom stereocenters. The standard InChI is InChI=1S/C11H13ClF3N3/c1-10(2)6(12)5-8(10)16-9-4-3-7(17-18-9)11(13,14)15/h3-4,6,8H,5H2,1-2H3,(H,16,18). The second-order valence-corrected chi connectivity index (χ2v) is 5.55. The Morgan fingerprint density at radius 3 is 2.39 bits per heavy atom. The second-order valence-electron chi connectivity index (χ2n) is 5.02. The van der Waals surface area contributed by atoms with Crippen LogP contribution in [0, 0.1) is 5.41 Å². The molecule has 1 fully saturated rings. The third-order valence-electron chi connectivity index (χ3n) is 3.43. The summed E-state index contributed by atoms with van der Waals surface area (Å²) in [7, 11) is 0. The van der Waals surface area contributed by atoms with E-state index in [1.807, 2.05) is 13.8 Å². The van der Waals surface area contributed by atoms with Gasteiger partial charge in [-0.2, -0.15) is 13.2 Å². The Kier molecular flexibility index (Phi) is 3.17. The number of nitrogens with one attached hydrogen (secondary N) is 1. The van der Waals surface area contributed by atoms with Gasteiger partial charge in [0.15, 0.2) is 5.69 Å². The van der Waals surface area contributed by atoms with E-state index < -0.39 is 11.9 Å². The summed E-state index contributed by atoms with van der Waals surface area (Å²) in [5, 5.41) is 9.81. The third kappa shape index (κ3) is 2.39. The predicted molar refractivity (Wildman–Crippen MR) is 62.5 cm³/mol. The van der Waals surface area contributed by atoms with Gasteiger partial charge in [0.25, 0.3) is 0 Å². The fourth-order valence-corrected chi connectivity index (χ4v) is 2.19. The van der Waals surface area contributed by atoms with Crippen LogP contribution in [0.25, 0.3) is 0 Å². The third-order valence-corrected chi connectivity index (χ3v) is 4.17. The zero-order chi connectivity index (χ0) is 13.6. The van der Waals surface area contributed by atoms with E-state index in [2.05, 4.69) is 15.5 Å². The number of anilines is 1. The summed E-state index contributed by atoms with van der Waals surface area (Å²) < 4.78 is 36.9. The van der Waals surface area contributed by atoms with E-state index in [9.17, 15) is 13.2 Å². The van der Waals surface area contributed by atoms with Gasteiger partial charge in [-0.3, -0.25) is 0 Å². The number of halogens is 4. The molecule has 1 N–H and O–H groups in total. The Morgan fingerprint density at radius 1 is 1.33 bits per heavy atom. The molecular formula is C11H13ClF3N3. The molecule has 0 bridgehead atoms. The Balaban J connectivity index is 2.04. The summed E-state index contributed by atoms with van der Waals surface area (Å²) in [6, 6.07) is 2.30. The average Bonchev–Trinajstić information content (AvgIpc) is 2.28. The molecule has 2 unspecified atom stereocenters. The topological polar surface area (TPSA) is 37.8 Å². The smallest absolute Gasteiger partial charge is 0.365 e. The first kappa shape index (κ1) is 13.4. The largest absolute Gasteiger partial charge is 0.435 e. The zero-order valence-electron chi connectivity index (χ0n) is 9.92. The number of hydrogen-bond acceptors (Lipinski definition) is 3. The first-order chi connectivity index (χ1) is 8.21. The van der Waals surface area contributed by atoms with Crippen LogP contribution >= 0.6 is 11.6 Å². The van der Waals surface area contributed by atoms with Crippen molar-refractivity contribution in [2.45, 2.75) is 37.9 Å². The molecule has 100 valence electrons. The lowest BCUT2D eigenvalue weighted by atomic mass is 9.67. The maximum atomic E-state index is 12.3. The van der Waals surface area contributed by atoms with Gasteiger partial charge in [0, 0.05) is 16.8 Å². The van der Waals surface area contributed by atoms with Crippen LogP contribution in [0.15, 0.2) is 12.1 Å². The van der Waals surface area contributed by atoms with Gasteiger partial charge in [0.2, 0.25) is 0 Å². The van der Waals surface area contributed by atoms with E-state index in [4.69, 9.17) is 11.6 Å². The number of rotatable bonds is 2. The molecule has 0 saturated heterocycles. The minimum absolute atomic E-state index is 0.0670. The van der Waals surface area contributed by atoms with Crippen LogP contribution < -0.4 is 5.32 Å². The van der Waals surface area contributed by atoms with Crippen molar-refractivity contribution in [1.29, 1.82) is 0 Å². The normalized spacial score (nSPS) is 26.6. The fraction of sp³-hybridized carbons (Fsp3) is 0.636. The number of alkyl halides is 4. The molecule has 7 heteroatoms. The average molecular weight is 280 g/mol. The van der Waals surface area contributed by atoms with Crippen molar-refractivity contribution in [3.63, 3.8) is 0 Å². The van der Waals surface area contributed by atoms with Gasteiger partial charge in [0.05, 0.1) is 0 Å². The van der Waals surface area contributed by atoms with E-state index in [1.54, 1.807) is 0 Å². The molecule has 1 aliphatic rings. The molecule has 0 radical (unpaired) electrons. The fourth-order valence-electron chi connectivity index (χ4n) is 1.86. The highest BCUT2D eigenvalue weighted by atomic mass is 35.5. The lowest BCUT2D eigenvalue weighted by molar-refractivity contribution is -0.141. The highest BCUT2D eigenvalue weighted by Gasteiger charge is 2.47. The van der Waals surface area contributed by atoms with Crippen molar-refractivity contribution in [2.75, 3.05) is 5.32 Å². The van der Waals surface area contributed by atoms with E-state index in [-0.39, 0.29) is 16.8 Å². The molecule has 1 aliphatic carbocycles. The molecule has 1 heterocycles. The van der Waals surface area contributed by atoms with Crippen LogP contribution in [0.1, 0.15) is 26.0 Å². The second kappa shape index (κ2) is 4.26. The quantitative estimate of drug-likeness (QED) is 0.844. The summed E-state index contributed by atoms with van der Waals surface area (Å²) in [5.41, 5.74) is -1.09. The lowest BCUT2D eigenvalue weighted by Gasteiger charge is -2.49. The SMILES string of the molecule is CC1(C)C(Cl)CC1Nc1ccc(C(F)(F)F)nn1. The number of aromatic nitrogens is 2. The van der Waals surface area contributed by atoms with Gasteiger partial charge in [-0.15, -0.1) is 21.8 Å². The van der Waals surface area contributed by atoms with Crippen molar-refractivity contribution in [2.24, 2.45) is 5.41 Å². The van der Waals surface area contributed by atoms with Crippen molar-refractivity contribution >= 4 is 17.4 Å². The summed E-state index contributed by atoms with van der Waals surface area (Å²) in [6.45, 7) is 4.01. The van der Waals surface area contributed by atoms with E-state index in [0.717, 1.165) is 12.5 Å². The maximum absolute atomic E-state index is 12.3. The molecule has 1 aromatic rings. The van der Waals surface area contributed by atoms with Crippen molar-refractivity contribution in [3.8, 4) is 0 Å². The van der Waals surface area contributed by atoms with Gasteiger partial charge >= 0.3 is 6.18 Å². The minimum Gasteiger partial charge on any atom is -0.365 e. The van der Waals surface area contributed by atoms with E-state index >= 15 is 0 Å². The Hall–Kier alpha value is -1.04. The summed E-state index contributed by atoms with van der Waals surface area (Å²) in [6.07, 6.45) is -3.69. The van der Waals surface area contributed by atoms with Crippen LogP contribution in [0.5, 0.6) is 0 Å². The van der Waals surface area contributed by atoms with Gasteiger partial charge in [-0.1, -0.05) is 13.8 Å². The molecule has 18 heavy (non-hydrogen) atoms. The van der Waals surface area contributed by atoms with E-state index in [1.165, 1.54) is 6.07 Å². The molecule has 0 aromatic carbocycles. The van der Waals surface area contributed by atoms with Crippen LogP contribution in [-0.2, 0) is 6.18 Å². The molecule has 0 amide bonds. The Labute approximate surface area is 108 Å². The molecule has 0 spiro atoms. The van der Waals surface area contributed by atoms with Gasteiger partial charge in [-0.25, -0.2) is 0 Å². The molecule has 2 rings (SSSR count). The molecule has 1 saturated carbocycles. The van der Waals surface area contributed by atoms with Crippen molar-refractivity contribution < 1.29 is 13.2 Å². The Morgan fingerprint density at radius 2 is 2.00 bits per heavy atom. The predicted octanol–water partition coefficient (Wildman–Crippen LogP) is 3.31. The van der Waals surface area contributed by atoms with Gasteiger partial charge in [0.1, 0.15) is 5.82 Å². The van der Waals surface area contributed by atoms with Crippen LogP contribution in [0.2, 0.25) is 0 Å². The summed E-state index contributed by atoms with van der Waals surface area (Å²) in [5.74, 6) is 0.338. The highest BCUT2D eigenvalue weighted by Crippen LogP contribution is 2.45. The molecule has 3 nitrogen and oxygen atoms in total. The first-order valence-corrected chi connectivity index (χ1v) is 5.96. The summed E-state index contributed by atoms with van der Waals surface area (Å²) in [4.78, 5) is 0. The lowest BCUT2D eigenvalue weighted by Crippen LogP contribution is -2.54. The Bertz CT molecular complexity index is 430. The van der Waals surface area contributed by atoms with Crippen molar-refractivity contribution in [1.82, 2.24) is 10.2 Å². The highest BCUT2D eigenvalue weighted by molar-refractivity contribution is 6.21. The van der Waals surface area contributed by atoms with Crippen molar-refractivity contribution in [3.05, 3.63) is 17.8 Å². The monoisotopic (exact) mass is 279 g/mol. The number of nitrogens with zero attached hydrogens (tertiary/aromatic N) is 2.